The summed E-state index contributed by atoms with van der Waals surface area (Å²) in [5, 5.41) is 24.5. The highest BCUT2D eigenvalue weighted by Crippen LogP contribution is 2.56. The lowest BCUT2D eigenvalue weighted by Crippen LogP contribution is -2.33. The van der Waals surface area contributed by atoms with Gasteiger partial charge < -0.3 is 42.1 Å². The Bertz CT molecular complexity index is 3550. The fourth-order valence-corrected chi connectivity index (χ4v) is 13.1. The van der Waals surface area contributed by atoms with Gasteiger partial charge in [0.15, 0.2) is 0 Å². The van der Waals surface area contributed by atoms with E-state index in [1.54, 1.807) is 47.6 Å². The smallest absolute Gasteiger partial charge is 0.390 e. The summed E-state index contributed by atoms with van der Waals surface area (Å²) < 4.78 is 135. The average Bonchev–Trinajstić information content (AvgIpc) is 3.32. The molecule has 0 spiro atoms. The lowest BCUT2D eigenvalue weighted by Gasteiger charge is -2.32. The van der Waals surface area contributed by atoms with Crippen molar-refractivity contribution in [3.63, 3.8) is 0 Å². The fraction of sp³-hybridized carbons (Fsp3) is 0.414. The summed E-state index contributed by atoms with van der Waals surface area (Å²) in [6, 6.07) is 12.8. The maximum atomic E-state index is 15.6. The number of nitrogens with one attached hydrogen (secondary N) is 2. The number of benzene rings is 4. The normalized spacial score (nSPS) is 19.9. The van der Waals surface area contributed by atoms with Crippen LogP contribution in [0.15, 0.2) is 85.2 Å². The monoisotopic (exact) mass is 1500 g/mol. The summed E-state index contributed by atoms with van der Waals surface area (Å²) in [7, 11) is -9.16. The molecular weight excluding hydrogens is 1430 g/mol. The number of nitrogen functional groups attached to an aromatic ring is 2. The molecule has 6 aromatic rings. The van der Waals surface area contributed by atoms with Gasteiger partial charge in [-0.25, -0.2) is 55.4 Å². The number of nitrogens with two attached hydrogens (primary N) is 2. The minimum atomic E-state index is -4.93. The van der Waals surface area contributed by atoms with Gasteiger partial charge in [0.25, 0.3) is 11.8 Å². The molecule has 2 fully saturated rings. The SMILES string of the molecule is CC(C)(C)OP(=O)(OC[C@@H](NC(=O)c1ccc(-c2nc([C@H]3CC[C@H](O)[C@@H](F)C3)cnc2N)cc1F)c1cc(F)cc(I)c1)OC(C)(C)C.Nc1ncc([C@H]2CC[C@H](O)[C@@H](F)C2)nc1-c1ccc(C(=O)N[C@H](COP(=O)(O)O)c2cc(F)cc(I)c2)c(F)c1. The van der Waals surface area contributed by atoms with Crippen LogP contribution in [0.4, 0.5) is 38.0 Å². The Morgan fingerprint density at radius 1 is 0.625 bits per heavy atom. The zero-order valence-electron chi connectivity index (χ0n) is 48.3. The van der Waals surface area contributed by atoms with E-state index in [2.05, 4.69) is 35.1 Å². The standard InChI is InChI=1S/C33H41F3IN4O6P.C25H25F3IN4O6P/c1-32(2,3)46-48(44,47-33(4,5)6)45-17-27(20-11-21(34)15-22(37)12-20)41-31(43)23-9-7-19(14-24(23)35)29-30(38)39-16-26(40-29)18-8-10-28(42)25(36)13-18;26-15-5-14(6-16(29)9-15)21(11-39-40(36,37)38)33-25(35)17-3-1-13(8-18(17)27)23-24(30)31-10-20(32-23)12-2-4-22(34)19(28)7-12/h7,9,11-12,14-16,18,25,27-28,42H,8,10,13,17H2,1-6H3,(H2,38,39)(H,41,43);1,3,5-6,8-10,12,19,21-22,34H,2,4,7,11H2,(H2,30,31)(H,33,35)(H2,36,37,38)/t18-,25-,27+,28-;12-,19-,21+,22-/m00/s1. The number of alkyl halides is 2. The van der Waals surface area contributed by atoms with Crippen molar-refractivity contribution in [2.24, 2.45) is 0 Å². The maximum absolute atomic E-state index is 15.6. The number of rotatable bonds is 18. The number of phosphoric ester groups is 2. The molecule has 0 aliphatic heterocycles. The molecule has 4 aromatic carbocycles. The number of amides is 2. The van der Waals surface area contributed by atoms with Crippen molar-refractivity contribution < 1.29 is 83.2 Å². The molecule has 30 heteroatoms. The number of anilines is 2. The molecule has 2 aliphatic rings. The zero-order valence-corrected chi connectivity index (χ0v) is 54.4. The highest BCUT2D eigenvalue weighted by Gasteiger charge is 2.39. The Hall–Kier alpha value is -5.24. The summed E-state index contributed by atoms with van der Waals surface area (Å²) in [6.07, 6.45) is -0.322. The van der Waals surface area contributed by atoms with E-state index in [1.807, 2.05) is 45.2 Å². The second-order valence-electron chi connectivity index (χ2n) is 23.0. The molecule has 0 unspecified atom stereocenters. The molecule has 2 aromatic heterocycles. The van der Waals surface area contributed by atoms with Crippen LogP contribution in [0.2, 0.25) is 0 Å². The third-order valence-corrected chi connectivity index (χ3v) is 17.4. The van der Waals surface area contributed by atoms with Crippen molar-refractivity contribution in [2.75, 3.05) is 24.7 Å². The molecule has 0 radical (unpaired) electrons. The van der Waals surface area contributed by atoms with Crippen molar-refractivity contribution >= 4 is 84.3 Å². The number of halogens is 8. The molecule has 0 saturated heterocycles. The fourth-order valence-electron chi connectivity index (χ4n) is 9.62. The van der Waals surface area contributed by atoms with Crippen LogP contribution < -0.4 is 22.1 Å². The minimum Gasteiger partial charge on any atom is -0.390 e. The quantitative estimate of drug-likeness (QED) is 0.0225. The number of aliphatic hydroxyl groups is 2. The lowest BCUT2D eigenvalue weighted by molar-refractivity contribution is 0.000569. The summed E-state index contributed by atoms with van der Waals surface area (Å²) >= 11 is 3.75. The van der Waals surface area contributed by atoms with E-state index >= 15 is 8.78 Å². The highest BCUT2D eigenvalue weighted by atomic mass is 127. The van der Waals surface area contributed by atoms with Crippen molar-refractivity contribution in [1.82, 2.24) is 30.6 Å². The van der Waals surface area contributed by atoms with E-state index in [4.69, 9.17) is 34.8 Å². The number of hydrogen-bond acceptors (Lipinski definition) is 16. The Balaban J connectivity index is 0.000000255. The second-order valence-corrected chi connectivity index (χ2v) is 28.3. The van der Waals surface area contributed by atoms with E-state index in [0.29, 0.717) is 31.4 Å². The number of phosphoric acid groups is 2. The first-order chi connectivity index (χ1) is 41.0. The number of carbonyl (C=O) groups is 2. The van der Waals surface area contributed by atoms with Gasteiger partial charge in [-0.15, -0.1) is 0 Å². The maximum Gasteiger partial charge on any atom is 0.475 e. The first-order valence-corrected chi connectivity index (χ1v) is 32.6. The van der Waals surface area contributed by atoms with Crippen LogP contribution in [-0.4, -0.2) is 101 Å². The van der Waals surface area contributed by atoms with Crippen LogP contribution in [-0.2, 0) is 27.2 Å². The zero-order chi connectivity index (χ0) is 64.8. The molecule has 2 amide bonds. The average molecular weight is 1500 g/mol. The van der Waals surface area contributed by atoms with E-state index < -0.39 is 117 Å². The van der Waals surface area contributed by atoms with Crippen molar-refractivity contribution in [2.45, 2.75) is 140 Å². The molecule has 10 N–H and O–H groups in total. The van der Waals surface area contributed by atoms with Crippen LogP contribution >= 0.6 is 60.8 Å². The first-order valence-electron chi connectivity index (χ1n) is 27.4. The van der Waals surface area contributed by atoms with E-state index in [-0.39, 0.29) is 88.4 Å². The van der Waals surface area contributed by atoms with Gasteiger partial charge >= 0.3 is 15.6 Å². The van der Waals surface area contributed by atoms with Crippen LogP contribution in [0.3, 0.4) is 0 Å². The van der Waals surface area contributed by atoms with E-state index in [9.17, 15) is 46.5 Å². The van der Waals surface area contributed by atoms with Crippen LogP contribution in [0.5, 0.6) is 0 Å². The number of carbonyl (C=O) groups excluding carboxylic acids is 2. The lowest BCUT2D eigenvalue weighted by atomic mass is 9.84. The van der Waals surface area contributed by atoms with Gasteiger partial charge in [-0.2, -0.15) is 0 Å². The van der Waals surface area contributed by atoms with Crippen molar-refractivity contribution in [3.05, 3.63) is 149 Å². The van der Waals surface area contributed by atoms with Gasteiger partial charge in [0, 0.05) is 30.1 Å². The number of aromatic nitrogens is 4. The third kappa shape index (κ3) is 19.9. The highest BCUT2D eigenvalue weighted by molar-refractivity contribution is 14.1. The molecule has 2 aliphatic carbocycles. The molecule has 8 rings (SSSR count). The molecule has 2 heterocycles. The summed E-state index contributed by atoms with van der Waals surface area (Å²) in [5.41, 5.74) is 11.5. The third-order valence-electron chi connectivity index (χ3n) is 13.7. The topological polar surface area (TPSA) is 314 Å². The molecular formula is C58H66F6I2N8O12P2. The number of aliphatic hydroxyl groups excluding tert-OH is 2. The van der Waals surface area contributed by atoms with Gasteiger partial charge in [0.1, 0.15) is 58.6 Å². The van der Waals surface area contributed by atoms with Crippen LogP contribution in [0.25, 0.3) is 22.5 Å². The van der Waals surface area contributed by atoms with Crippen LogP contribution in [0.1, 0.15) is 147 Å². The largest absolute Gasteiger partial charge is 0.475 e. The molecule has 476 valence electrons. The van der Waals surface area contributed by atoms with Crippen molar-refractivity contribution in [3.8, 4) is 22.5 Å². The Morgan fingerprint density at radius 3 is 1.35 bits per heavy atom. The molecule has 0 bridgehead atoms. The predicted molar refractivity (Wildman–Crippen MR) is 331 cm³/mol. The Labute approximate surface area is 530 Å². The van der Waals surface area contributed by atoms with E-state index in [0.717, 1.165) is 18.2 Å². The Morgan fingerprint density at radius 2 is 1.01 bits per heavy atom. The number of nitrogens with zero attached hydrogens (tertiary/aromatic N) is 4. The predicted octanol–water partition coefficient (Wildman–Crippen LogP) is 12.0. The van der Waals surface area contributed by atoms with Gasteiger partial charge in [-0.1, -0.05) is 12.1 Å². The number of hydrogen-bond donors (Lipinski definition) is 8. The van der Waals surface area contributed by atoms with Crippen LogP contribution in [0, 0.1) is 30.4 Å². The minimum absolute atomic E-state index is 0.0108. The van der Waals surface area contributed by atoms with Gasteiger partial charge in [0.2, 0.25) is 0 Å². The Kier molecular flexibility index (Phi) is 23.4. The molecule has 20 nitrogen and oxygen atoms in total. The van der Waals surface area contributed by atoms with Gasteiger partial charge in [0.05, 0.1) is 83.6 Å². The summed E-state index contributed by atoms with van der Waals surface area (Å²) in [5.74, 6) is -5.53. The second kappa shape index (κ2) is 29.4. The first kappa shape index (κ1) is 70.2. The molecule has 8 atom stereocenters. The summed E-state index contributed by atoms with van der Waals surface area (Å²) in [6.45, 7) is 8.85. The van der Waals surface area contributed by atoms with Crippen molar-refractivity contribution in [1.29, 1.82) is 0 Å². The summed E-state index contributed by atoms with van der Waals surface area (Å²) in [4.78, 5) is 61.9. The van der Waals surface area contributed by atoms with Gasteiger partial charge in [-0.3, -0.25) is 27.7 Å². The molecule has 2 saturated carbocycles. The van der Waals surface area contributed by atoms with Gasteiger partial charge in [-0.05, 0) is 197 Å². The van der Waals surface area contributed by atoms with E-state index in [1.165, 1.54) is 60.9 Å². The molecule has 88 heavy (non-hydrogen) atoms.